The second-order valence-electron chi connectivity index (χ2n) is 6.30. The highest BCUT2D eigenvalue weighted by Gasteiger charge is 2.03. The van der Waals surface area contributed by atoms with Crippen LogP contribution in [0.25, 0.3) is 0 Å². The van der Waals surface area contributed by atoms with Crippen molar-refractivity contribution in [1.82, 2.24) is 15.1 Å². The highest BCUT2D eigenvalue weighted by atomic mass is 15.2. The highest BCUT2D eigenvalue weighted by molar-refractivity contribution is 4.60. The standard InChI is InChI=1S/C16H37N3/c1-6-11-19(14-13-18(4)5)12-9-7-8-10-17-15-16(2)3/h16-17H,6-15H2,1-5H3. The Hall–Kier alpha value is -0.120. The quantitative estimate of drug-likeness (QED) is 0.520. The Labute approximate surface area is 121 Å². The van der Waals surface area contributed by atoms with Crippen LogP contribution in [0.2, 0.25) is 0 Å². The molecular formula is C16H37N3. The van der Waals surface area contributed by atoms with E-state index in [-0.39, 0.29) is 0 Å². The van der Waals surface area contributed by atoms with E-state index in [0.717, 1.165) is 12.5 Å². The second kappa shape index (κ2) is 12.9. The van der Waals surface area contributed by atoms with Crippen molar-refractivity contribution in [3.05, 3.63) is 0 Å². The third-order valence-electron chi connectivity index (χ3n) is 3.28. The molecule has 0 aliphatic carbocycles. The van der Waals surface area contributed by atoms with Crippen molar-refractivity contribution in [2.75, 3.05) is 53.4 Å². The predicted molar refractivity (Wildman–Crippen MR) is 86.8 cm³/mol. The zero-order valence-electron chi connectivity index (χ0n) is 14.0. The van der Waals surface area contributed by atoms with E-state index in [4.69, 9.17) is 0 Å². The van der Waals surface area contributed by atoms with Crippen LogP contribution in [0.1, 0.15) is 46.5 Å². The summed E-state index contributed by atoms with van der Waals surface area (Å²) < 4.78 is 0. The van der Waals surface area contributed by atoms with Gasteiger partial charge in [0, 0.05) is 13.1 Å². The maximum absolute atomic E-state index is 3.52. The summed E-state index contributed by atoms with van der Waals surface area (Å²) in [5, 5.41) is 3.52. The maximum atomic E-state index is 3.52. The second-order valence-corrected chi connectivity index (χ2v) is 6.30. The number of likely N-dealkylation sites (N-methyl/N-ethyl adjacent to an activating group) is 1. The topological polar surface area (TPSA) is 18.5 Å². The van der Waals surface area contributed by atoms with E-state index in [9.17, 15) is 0 Å². The van der Waals surface area contributed by atoms with Gasteiger partial charge in [-0.2, -0.15) is 0 Å². The Kier molecular flexibility index (Phi) is 12.8. The van der Waals surface area contributed by atoms with E-state index >= 15 is 0 Å². The number of unbranched alkanes of at least 4 members (excludes halogenated alkanes) is 2. The van der Waals surface area contributed by atoms with Crippen molar-refractivity contribution in [3.63, 3.8) is 0 Å². The molecule has 0 aliphatic rings. The Morgan fingerprint density at radius 3 is 2.21 bits per heavy atom. The largest absolute Gasteiger partial charge is 0.316 e. The Bertz CT molecular complexity index is 181. The molecule has 0 amide bonds. The van der Waals surface area contributed by atoms with Gasteiger partial charge in [-0.05, 0) is 65.5 Å². The van der Waals surface area contributed by atoms with Crippen molar-refractivity contribution in [1.29, 1.82) is 0 Å². The third kappa shape index (κ3) is 14.1. The van der Waals surface area contributed by atoms with Gasteiger partial charge in [-0.3, -0.25) is 0 Å². The van der Waals surface area contributed by atoms with E-state index in [0.29, 0.717) is 0 Å². The van der Waals surface area contributed by atoms with Gasteiger partial charge in [-0.1, -0.05) is 27.2 Å². The first-order valence-corrected chi connectivity index (χ1v) is 8.14. The molecule has 0 unspecified atom stereocenters. The van der Waals surface area contributed by atoms with Gasteiger partial charge in [0.15, 0.2) is 0 Å². The molecule has 0 rings (SSSR count). The Morgan fingerprint density at radius 2 is 1.63 bits per heavy atom. The van der Waals surface area contributed by atoms with Crippen LogP contribution in [0.4, 0.5) is 0 Å². The predicted octanol–water partition coefficient (Wildman–Crippen LogP) is 2.68. The fourth-order valence-electron chi connectivity index (χ4n) is 2.15. The molecule has 0 aromatic carbocycles. The van der Waals surface area contributed by atoms with Crippen molar-refractivity contribution in [3.8, 4) is 0 Å². The van der Waals surface area contributed by atoms with Crippen LogP contribution >= 0.6 is 0 Å². The molecule has 3 heteroatoms. The molecule has 0 fully saturated rings. The zero-order valence-corrected chi connectivity index (χ0v) is 14.0. The summed E-state index contributed by atoms with van der Waals surface area (Å²) in [7, 11) is 4.31. The minimum atomic E-state index is 0.770. The van der Waals surface area contributed by atoms with Crippen molar-refractivity contribution < 1.29 is 0 Å². The lowest BCUT2D eigenvalue weighted by molar-refractivity contribution is 0.236. The normalized spacial score (nSPS) is 12.0. The first-order chi connectivity index (χ1) is 9.06. The molecule has 3 nitrogen and oxygen atoms in total. The molecule has 1 N–H and O–H groups in total. The van der Waals surface area contributed by atoms with Gasteiger partial charge in [-0.15, -0.1) is 0 Å². The summed E-state index contributed by atoms with van der Waals surface area (Å²) in [6.07, 6.45) is 5.29. The number of nitrogens with zero attached hydrogens (tertiary/aromatic N) is 2. The lowest BCUT2D eigenvalue weighted by Gasteiger charge is -2.23. The summed E-state index contributed by atoms with van der Waals surface area (Å²) in [6.45, 7) is 14.1. The number of nitrogens with one attached hydrogen (secondary N) is 1. The van der Waals surface area contributed by atoms with Crippen LogP contribution in [0.3, 0.4) is 0 Å². The van der Waals surface area contributed by atoms with Gasteiger partial charge in [0.1, 0.15) is 0 Å². The number of hydrogen-bond acceptors (Lipinski definition) is 3. The number of hydrogen-bond donors (Lipinski definition) is 1. The molecular weight excluding hydrogens is 234 g/mol. The molecule has 0 heterocycles. The van der Waals surface area contributed by atoms with Gasteiger partial charge in [0.05, 0.1) is 0 Å². The van der Waals surface area contributed by atoms with Crippen LogP contribution in [-0.4, -0.2) is 63.2 Å². The van der Waals surface area contributed by atoms with E-state index in [1.165, 1.54) is 58.4 Å². The lowest BCUT2D eigenvalue weighted by Crippen LogP contribution is -2.33. The maximum Gasteiger partial charge on any atom is 0.0109 e. The van der Waals surface area contributed by atoms with E-state index in [1.54, 1.807) is 0 Å². The molecule has 0 bridgehead atoms. The van der Waals surface area contributed by atoms with Crippen molar-refractivity contribution in [2.45, 2.75) is 46.5 Å². The first kappa shape index (κ1) is 18.9. The van der Waals surface area contributed by atoms with E-state index < -0.39 is 0 Å². The molecule has 0 aromatic rings. The zero-order chi connectivity index (χ0) is 14.5. The SMILES string of the molecule is CCCN(CCCCCNCC(C)C)CCN(C)C. The van der Waals surface area contributed by atoms with Gasteiger partial charge in [-0.25, -0.2) is 0 Å². The minimum Gasteiger partial charge on any atom is -0.316 e. The van der Waals surface area contributed by atoms with Crippen molar-refractivity contribution >= 4 is 0 Å². The van der Waals surface area contributed by atoms with Crippen molar-refractivity contribution in [2.24, 2.45) is 5.92 Å². The van der Waals surface area contributed by atoms with Crippen LogP contribution in [0.5, 0.6) is 0 Å². The molecule has 19 heavy (non-hydrogen) atoms. The fraction of sp³-hybridized carbons (Fsp3) is 1.00. The fourth-order valence-corrected chi connectivity index (χ4v) is 2.15. The van der Waals surface area contributed by atoms with Gasteiger partial charge < -0.3 is 15.1 Å². The summed E-state index contributed by atoms with van der Waals surface area (Å²) in [4.78, 5) is 4.89. The molecule has 0 radical (unpaired) electrons. The summed E-state index contributed by atoms with van der Waals surface area (Å²) in [5.41, 5.74) is 0. The van der Waals surface area contributed by atoms with Crippen LogP contribution in [0, 0.1) is 5.92 Å². The molecule has 0 spiro atoms. The highest BCUT2D eigenvalue weighted by Crippen LogP contribution is 2.00. The Balaban J connectivity index is 3.47. The van der Waals surface area contributed by atoms with E-state index in [1.807, 2.05) is 0 Å². The molecule has 0 atom stereocenters. The summed E-state index contributed by atoms with van der Waals surface area (Å²) in [6, 6.07) is 0. The summed E-state index contributed by atoms with van der Waals surface area (Å²) >= 11 is 0. The van der Waals surface area contributed by atoms with Gasteiger partial charge >= 0.3 is 0 Å². The van der Waals surface area contributed by atoms with Crippen LogP contribution < -0.4 is 5.32 Å². The average molecular weight is 271 g/mol. The van der Waals surface area contributed by atoms with Crippen LogP contribution in [0.15, 0.2) is 0 Å². The first-order valence-electron chi connectivity index (χ1n) is 8.14. The Morgan fingerprint density at radius 1 is 0.895 bits per heavy atom. The van der Waals surface area contributed by atoms with Gasteiger partial charge in [0.25, 0.3) is 0 Å². The lowest BCUT2D eigenvalue weighted by atomic mass is 10.2. The van der Waals surface area contributed by atoms with Gasteiger partial charge in [0.2, 0.25) is 0 Å². The smallest absolute Gasteiger partial charge is 0.0109 e. The number of rotatable bonds is 13. The van der Waals surface area contributed by atoms with Crippen LogP contribution in [-0.2, 0) is 0 Å². The minimum absolute atomic E-state index is 0.770. The molecule has 0 aliphatic heterocycles. The molecule has 116 valence electrons. The molecule has 0 aromatic heterocycles. The third-order valence-corrected chi connectivity index (χ3v) is 3.28. The molecule has 0 saturated heterocycles. The molecule has 0 saturated carbocycles. The monoisotopic (exact) mass is 271 g/mol. The average Bonchev–Trinajstić information content (AvgIpc) is 2.34. The van der Waals surface area contributed by atoms with E-state index in [2.05, 4.69) is 50.0 Å². The summed E-state index contributed by atoms with van der Waals surface area (Å²) in [5.74, 6) is 0.770.